The summed E-state index contributed by atoms with van der Waals surface area (Å²) in [5.41, 5.74) is 3.41. The van der Waals surface area contributed by atoms with Gasteiger partial charge in [-0.05, 0) is 25.0 Å². The van der Waals surface area contributed by atoms with Crippen molar-refractivity contribution in [1.29, 1.82) is 0 Å². The van der Waals surface area contributed by atoms with Gasteiger partial charge in [0.1, 0.15) is 0 Å². The van der Waals surface area contributed by atoms with Gasteiger partial charge in [-0.3, -0.25) is 4.79 Å². The van der Waals surface area contributed by atoms with E-state index in [1.54, 1.807) is 6.07 Å². The Balaban J connectivity index is 1.67. The number of aromatic nitrogens is 1. The quantitative estimate of drug-likeness (QED) is 0.720. The molecule has 0 spiro atoms. The fraction of sp³-hybridized carbons (Fsp3) is 0.158. The van der Waals surface area contributed by atoms with Crippen molar-refractivity contribution in [3.63, 3.8) is 0 Å². The number of carbonyl (C=O) groups excluding carboxylic acids is 1. The van der Waals surface area contributed by atoms with E-state index in [1.807, 2.05) is 53.4 Å². The maximum absolute atomic E-state index is 12.9. The number of nitrogens with zero attached hydrogens (tertiary/aromatic N) is 2. The molecular weight excluding hydrogens is 288 g/mol. The van der Waals surface area contributed by atoms with Crippen molar-refractivity contribution in [2.75, 3.05) is 4.90 Å². The Morgan fingerprint density at radius 3 is 2.70 bits per heavy atom. The number of para-hydroxylation sites is 1. The molecule has 2 aromatic carbocycles. The summed E-state index contributed by atoms with van der Waals surface area (Å²) in [6.45, 7) is 2.05. The minimum absolute atomic E-state index is 0.117. The summed E-state index contributed by atoms with van der Waals surface area (Å²) in [5, 5.41) is 3.98. The smallest absolute Gasteiger partial charge is 0.280 e. The largest absolute Gasteiger partial charge is 0.355 e. The van der Waals surface area contributed by atoms with Gasteiger partial charge >= 0.3 is 0 Å². The Morgan fingerprint density at radius 2 is 1.87 bits per heavy atom. The molecule has 0 unspecified atom stereocenters. The average Bonchev–Trinajstić information content (AvgIpc) is 3.19. The number of fused-ring (bicyclic) bond motifs is 1. The predicted molar refractivity (Wildman–Crippen MR) is 88.4 cm³/mol. The second-order valence-electron chi connectivity index (χ2n) is 5.80. The summed E-state index contributed by atoms with van der Waals surface area (Å²) in [4.78, 5) is 14.7. The Hall–Kier alpha value is -2.88. The lowest BCUT2D eigenvalue weighted by Crippen LogP contribution is -2.35. The molecule has 4 heteroatoms. The first-order valence-corrected chi connectivity index (χ1v) is 7.67. The fourth-order valence-electron chi connectivity index (χ4n) is 3.11. The van der Waals surface area contributed by atoms with Crippen molar-refractivity contribution in [2.45, 2.75) is 19.4 Å². The molecule has 0 bridgehead atoms. The molecule has 2 heterocycles. The lowest BCUT2D eigenvalue weighted by molar-refractivity contribution is 0.0973. The van der Waals surface area contributed by atoms with Crippen molar-refractivity contribution < 1.29 is 9.32 Å². The van der Waals surface area contributed by atoms with Crippen LogP contribution in [0.25, 0.3) is 11.3 Å². The molecule has 1 aliphatic rings. The van der Waals surface area contributed by atoms with Crippen LogP contribution in [0.15, 0.2) is 65.2 Å². The van der Waals surface area contributed by atoms with Crippen molar-refractivity contribution in [3.8, 4) is 11.3 Å². The zero-order valence-corrected chi connectivity index (χ0v) is 12.8. The zero-order valence-electron chi connectivity index (χ0n) is 12.8. The maximum atomic E-state index is 12.9. The van der Waals surface area contributed by atoms with Gasteiger partial charge in [0.05, 0.1) is 0 Å². The van der Waals surface area contributed by atoms with Gasteiger partial charge in [0.2, 0.25) is 0 Å². The first kappa shape index (κ1) is 13.8. The number of hydrogen-bond donors (Lipinski definition) is 0. The zero-order chi connectivity index (χ0) is 15.8. The van der Waals surface area contributed by atoms with E-state index >= 15 is 0 Å². The van der Waals surface area contributed by atoms with Gasteiger partial charge in [0.15, 0.2) is 11.5 Å². The van der Waals surface area contributed by atoms with E-state index in [1.165, 1.54) is 5.56 Å². The van der Waals surface area contributed by atoms with E-state index in [4.69, 9.17) is 4.52 Å². The summed E-state index contributed by atoms with van der Waals surface area (Å²) >= 11 is 0. The highest BCUT2D eigenvalue weighted by atomic mass is 16.5. The monoisotopic (exact) mass is 304 g/mol. The maximum Gasteiger partial charge on any atom is 0.280 e. The van der Waals surface area contributed by atoms with Crippen LogP contribution in [0.4, 0.5) is 5.69 Å². The normalized spacial score (nSPS) is 16.4. The summed E-state index contributed by atoms with van der Waals surface area (Å²) < 4.78 is 5.36. The van der Waals surface area contributed by atoms with E-state index in [-0.39, 0.29) is 11.9 Å². The number of benzene rings is 2. The highest BCUT2D eigenvalue weighted by Crippen LogP contribution is 2.33. The van der Waals surface area contributed by atoms with Crippen LogP contribution in [0.5, 0.6) is 0 Å². The third-order valence-electron chi connectivity index (χ3n) is 4.21. The third-order valence-corrected chi connectivity index (χ3v) is 4.21. The second kappa shape index (κ2) is 5.39. The summed E-state index contributed by atoms with van der Waals surface area (Å²) in [7, 11) is 0. The van der Waals surface area contributed by atoms with Gasteiger partial charge in [-0.1, -0.05) is 53.7 Å². The van der Waals surface area contributed by atoms with Gasteiger partial charge in [0.25, 0.3) is 5.91 Å². The Kier molecular flexibility index (Phi) is 3.23. The van der Waals surface area contributed by atoms with Crippen molar-refractivity contribution in [1.82, 2.24) is 5.16 Å². The van der Waals surface area contributed by atoms with Gasteiger partial charge in [-0.15, -0.1) is 0 Å². The van der Waals surface area contributed by atoms with Gasteiger partial charge in [-0.2, -0.15) is 0 Å². The van der Waals surface area contributed by atoms with Crippen LogP contribution >= 0.6 is 0 Å². The Morgan fingerprint density at radius 1 is 1.13 bits per heavy atom. The van der Waals surface area contributed by atoms with E-state index in [9.17, 15) is 4.79 Å². The standard InChI is InChI=1S/C19H16N2O2/c1-13-11-15-9-5-6-10-17(15)21(13)19(22)16-12-18(23-20-16)14-7-3-2-4-8-14/h2-10,12-13H,11H2,1H3/t13-/m1/s1. The highest BCUT2D eigenvalue weighted by Gasteiger charge is 2.32. The van der Waals surface area contributed by atoms with Crippen LogP contribution in [0.1, 0.15) is 23.0 Å². The van der Waals surface area contributed by atoms with Crippen LogP contribution in [0, 0.1) is 0 Å². The average molecular weight is 304 g/mol. The lowest BCUT2D eigenvalue weighted by Gasteiger charge is -2.21. The molecule has 0 saturated heterocycles. The van der Waals surface area contributed by atoms with Crippen molar-refractivity contribution in [2.24, 2.45) is 0 Å². The predicted octanol–water partition coefficient (Wildman–Crippen LogP) is 3.93. The molecule has 3 aromatic rings. The fourth-order valence-corrected chi connectivity index (χ4v) is 3.11. The first-order valence-electron chi connectivity index (χ1n) is 7.67. The number of amides is 1. The number of hydrogen-bond acceptors (Lipinski definition) is 3. The molecule has 1 aromatic heterocycles. The minimum Gasteiger partial charge on any atom is -0.355 e. The highest BCUT2D eigenvalue weighted by molar-refractivity contribution is 6.06. The van der Waals surface area contributed by atoms with Crippen molar-refractivity contribution >= 4 is 11.6 Å². The number of rotatable bonds is 2. The molecule has 0 radical (unpaired) electrons. The minimum atomic E-state index is -0.117. The Bertz CT molecular complexity index is 855. The SMILES string of the molecule is C[C@@H]1Cc2ccccc2N1C(=O)c1cc(-c2ccccc2)on1. The molecule has 1 aliphatic heterocycles. The number of carbonyl (C=O) groups is 1. The van der Waals surface area contributed by atoms with E-state index in [0.717, 1.165) is 17.7 Å². The van der Waals surface area contributed by atoms with E-state index < -0.39 is 0 Å². The molecule has 0 fully saturated rings. The molecule has 0 aliphatic carbocycles. The van der Waals surface area contributed by atoms with Crippen LogP contribution in [0.3, 0.4) is 0 Å². The number of anilines is 1. The lowest BCUT2D eigenvalue weighted by atomic mass is 10.1. The van der Waals surface area contributed by atoms with Crippen LogP contribution in [-0.4, -0.2) is 17.1 Å². The first-order chi connectivity index (χ1) is 11.2. The molecule has 23 heavy (non-hydrogen) atoms. The molecule has 1 amide bonds. The third kappa shape index (κ3) is 2.32. The molecule has 4 rings (SSSR count). The second-order valence-corrected chi connectivity index (χ2v) is 5.80. The summed E-state index contributed by atoms with van der Waals surface area (Å²) in [5.74, 6) is 0.488. The molecule has 1 atom stereocenters. The van der Waals surface area contributed by atoms with Gasteiger partial charge in [-0.25, -0.2) is 0 Å². The topological polar surface area (TPSA) is 46.3 Å². The Labute approximate surface area is 134 Å². The van der Waals surface area contributed by atoms with Crippen molar-refractivity contribution in [3.05, 3.63) is 71.9 Å². The van der Waals surface area contributed by atoms with Crippen LogP contribution < -0.4 is 4.90 Å². The van der Waals surface area contributed by atoms with Crippen LogP contribution in [0.2, 0.25) is 0 Å². The van der Waals surface area contributed by atoms with E-state index in [2.05, 4.69) is 18.1 Å². The van der Waals surface area contributed by atoms with Gasteiger partial charge in [0, 0.05) is 23.4 Å². The van der Waals surface area contributed by atoms with Crippen LogP contribution in [-0.2, 0) is 6.42 Å². The molecular formula is C19H16N2O2. The molecule has 0 N–H and O–H groups in total. The molecule has 4 nitrogen and oxygen atoms in total. The summed E-state index contributed by atoms with van der Waals surface area (Å²) in [6.07, 6.45) is 0.866. The van der Waals surface area contributed by atoms with E-state index in [0.29, 0.717) is 11.5 Å². The summed E-state index contributed by atoms with van der Waals surface area (Å²) in [6, 6.07) is 19.5. The van der Waals surface area contributed by atoms with Gasteiger partial charge < -0.3 is 9.42 Å². The molecule has 114 valence electrons. The molecule has 0 saturated carbocycles.